The summed E-state index contributed by atoms with van der Waals surface area (Å²) in [5.41, 5.74) is 1.24. The highest BCUT2D eigenvalue weighted by Crippen LogP contribution is 2.25. The van der Waals surface area contributed by atoms with E-state index < -0.39 is 10.0 Å². The molecule has 1 aliphatic rings. The minimum Gasteiger partial charge on any atom is -0.375 e. The Kier molecular flexibility index (Phi) is 4.06. The number of nitrogens with one attached hydrogen (secondary N) is 1. The van der Waals surface area contributed by atoms with E-state index in [0.717, 1.165) is 0 Å². The molecule has 0 atom stereocenters. The average Bonchev–Trinajstić information content (AvgIpc) is 2.70. The van der Waals surface area contributed by atoms with Gasteiger partial charge in [0.1, 0.15) is 6.61 Å². The van der Waals surface area contributed by atoms with Gasteiger partial charge >= 0.3 is 0 Å². The molecule has 0 spiro atoms. The van der Waals surface area contributed by atoms with Crippen molar-refractivity contribution in [3.8, 4) is 0 Å². The van der Waals surface area contributed by atoms with Crippen LogP contribution in [0.5, 0.6) is 0 Å². The van der Waals surface area contributed by atoms with E-state index in [1.54, 1.807) is 24.3 Å². The fourth-order valence-corrected chi connectivity index (χ4v) is 3.53. The Labute approximate surface area is 112 Å². The molecule has 0 aromatic heterocycles. The molecule has 1 saturated heterocycles. The van der Waals surface area contributed by atoms with Crippen molar-refractivity contribution >= 4 is 27.3 Å². The molecule has 104 valence electrons. The minimum absolute atomic E-state index is 0.0117. The largest absolute Gasteiger partial charge is 0.375 e. The summed E-state index contributed by atoms with van der Waals surface area (Å²) >= 11 is 0. The maximum Gasteiger partial charge on any atom is 0.250 e. The van der Waals surface area contributed by atoms with E-state index in [1.807, 2.05) is 0 Å². The summed E-state index contributed by atoms with van der Waals surface area (Å²) in [6.07, 6.45) is 0.647. The molecule has 1 heterocycles. The highest BCUT2D eigenvalue weighted by molar-refractivity contribution is 7.93. The summed E-state index contributed by atoms with van der Waals surface area (Å²) in [6.45, 7) is 0.500. The zero-order valence-corrected chi connectivity index (χ0v) is 11.4. The Bertz CT molecular complexity index is 554. The molecule has 1 aromatic carbocycles. The van der Waals surface area contributed by atoms with E-state index in [2.05, 4.69) is 5.32 Å². The summed E-state index contributed by atoms with van der Waals surface area (Å²) < 4.78 is 29.6. The van der Waals surface area contributed by atoms with Gasteiger partial charge in [0.15, 0.2) is 0 Å². The fourth-order valence-electron chi connectivity index (χ4n) is 1.97. The topological polar surface area (TPSA) is 75.7 Å². The molecule has 0 bridgehead atoms. The molecule has 1 N–H and O–H groups in total. The first kappa shape index (κ1) is 13.8. The number of nitrogens with zero attached hydrogens (tertiary/aromatic N) is 1. The number of hydrogen-bond donors (Lipinski definition) is 1. The number of hydrogen-bond acceptors (Lipinski definition) is 4. The lowest BCUT2D eigenvalue weighted by molar-refractivity contribution is -0.119. The number of ether oxygens (including phenoxy) is 1. The van der Waals surface area contributed by atoms with Gasteiger partial charge in [0.2, 0.25) is 15.9 Å². The second-order valence-corrected chi connectivity index (χ2v) is 6.28. The Hall–Kier alpha value is -1.60. The van der Waals surface area contributed by atoms with Crippen LogP contribution in [0.2, 0.25) is 0 Å². The molecule has 2 rings (SSSR count). The van der Waals surface area contributed by atoms with Gasteiger partial charge in [0, 0.05) is 19.3 Å². The van der Waals surface area contributed by atoms with Crippen molar-refractivity contribution in [1.29, 1.82) is 0 Å². The number of rotatable bonds is 4. The molecule has 1 aromatic rings. The number of carbonyl (C=O) groups excluding carboxylic acids is 1. The second-order valence-electron chi connectivity index (χ2n) is 4.27. The normalized spacial score (nSPS) is 17.4. The van der Waals surface area contributed by atoms with Gasteiger partial charge in [0.25, 0.3) is 0 Å². The number of sulfonamides is 1. The van der Waals surface area contributed by atoms with Crippen LogP contribution in [0.1, 0.15) is 6.42 Å². The lowest BCUT2D eigenvalue weighted by Gasteiger charge is -2.17. The Morgan fingerprint density at radius 3 is 2.58 bits per heavy atom. The van der Waals surface area contributed by atoms with Crippen LogP contribution in [0.15, 0.2) is 24.3 Å². The van der Waals surface area contributed by atoms with Crippen molar-refractivity contribution in [2.75, 3.05) is 35.6 Å². The van der Waals surface area contributed by atoms with E-state index in [9.17, 15) is 13.2 Å². The van der Waals surface area contributed by atoms with Gasteiger partial charge in [-0.1, -0.05) is 0 Å². The maximum absolute atomic E-state index is 11.7. The summed E-state index contributed by atoms with van der Waals surface area (Å²) in [7, 11) is -1.71. The smallest absolute Gasteiger partial charge is 0.250 e. The predicted octanol–water partition coefficient (Wildman–Crippen LogP) is 0.811. The zero-order valence-electron chi connectivity index (χ0n) is 10.6. The fraction of sp³-hybridized carbons (Fsp3) is 0.417. The molecular weight excluding hydrogens is 268 g/mol. The first-order valence-electron chi connectivity index (χ1n) is 5.92. The maximum atomic E-state index is 11.7. The lowest BCUT2D eigenvalue weighted by atomic mass is 10.2. The lowest BCUT2D eigenvalue weighted by Crippen LogP contribution is -2.25. The molecular formula is C12H16N2O4S. The van der Waals surface area contributed by atoms with Crippen LogP contribution in [-0.2, 0) is 19.6 Å². The van der Waals surface area contributed by atoms with Crippen molar-refractivity contribution in [2.45, 2.75) is 6.42 Å². The van der Waals surface area contributed by atoms with Gasteiger partial charge < -0.3 is 10.1 Å². The second kappa shape index (κ2) is 5.58. The van der Waals surface area contributed by atoms with Gasteiger partial charge in [-0.3, -0.25) is 9.10 Å². The SMILES string of the molecule is COCC(=O)Nc1ccc(N2CCCS2(=O)=O)cc1. The van der Waals surface area contributed by atoms with E-state index in [4.69, 9.17) is 4.74 Å². The number of benzene rings is 1. The van der Waals surface area contributed by atoms with Gasteiger partial charge in [-0.25, -0.2) is 8.42 Å². The van der Waals surface area contributed by atoms with Crippen molar-refractivity contribution in [3.63, 3.8) is 0 Å². The molecule has 0 aliphatic carbocycles. The van der Waals surface area contributed by atoms with Gasteiger partial charge in [-0.2, -0.15) is 0 Å². The first-order valence-corrected chi connectivity index (χ1v) is 7.53. The molecule has 1 aliphatic heterocycles. The first-order chi connectivity index (χ1) is 9.03. The third-order valence-corrected chi connectivity index (χ3v) is 4.68. The summed E-state index contributed by atoms with van der Waals surface area (Å²) in [5.74, 6) is -0.0525. The number of amides is 1. The molecule has 6 nitrogen and oxygen atoms in total. The van der Waals surface area contributed by atoms with Crippen molar-refractivity contribution in [2.24, 2.45) is 0 Å². The van der Waals surface area contributed by atoms with E-state index in [0.29, 0.717) is 24.3 Å². The third kappa shape index (κ3) is 3.24. The quantitative estimate of drug-likeness (QED) is 0.888. The van der Waals surface area contributed by atoms with Crippen molar-refractivity contribution in [3.05, 3.63) is 24.3 Å². The standard InChI is InChI=1S/C12H16N2O4S/c1-18-9-12(15)13-10-3-5-11(6-4-10)14-7-2-8-19(14,16)17/h3-6H,2,7-9H2,1H3,(H,13,15). The number of carbonyl (C=O) groups is 1. The van der Waals surface area contributed by atoms with Crippen LogP contribution >= 0.6 is 0 Å². The predicted molar refractivity (Wildman–Crippen MR) is 72.7 cm³/mol. The molecule has 1 amide bonds. The third-order valence-electron chi connectivity index (χ3n) is 2.81. The van der Waals surface area contributed by atoms with Gasteiger partial charge in [0.05, 0.1) is 11.4 Å². The Morgan fingerprint density at radius 2 is 2.05 bits per heavy atom. The summed E-state index contributed by atoms with van der Waals surface area (Å²) in [6, 6.07) is 6.73. The highest BCUT2D eigenvalue weighted by Gasteiger charge is 2.28. The van der Waals surface area contributed by atoms with E-state index >= 15 is 0 Å². The van der Waals surface area contributed by atoms with Crippen LogP contribution < -0.4 is 9.62 Å². The van der Waals surface area contributed by atoms with Crippen molar-refractivity contribution in [1.82, 2.24) is 0 Å². The molecule has 1 fully saturated rings. The van der Waals surface area contributed by atoms with Gasteiger partial charge in [-0.05, 0) is 30.7 Å². The molecule has 0 unspecified atom stereocenters. The zero-order chi connectivity index (χ0) is 13.9. The van der Waals surface area contributed by atoms with Crippen LogP contribution in [0, 0.1) is 0 Å². The minimum atomic E-state index is -3.16. The van der Waals surface area contributed by atoms with Crippen molar-refractivity contribution < 1.29 is 17.9 Å². The molecule has 19 heavy (non-hydrogen) atoms. The van der Waals surface area contributed by atoms with Crippen LogP contribution in [0.25, 0.3) is 0 Å². The monoisotopic (exact) mass is 284 g/mol. The Balaban J connectivity index is 2.09. The molecule has 0 radical (unpaired) electrons. The van der Waals surface area contributed by atoms with Gasteiger partial charge in [-0.15, -0.1) is 0 Å². The summed E-state index contributed by atoms with van der Waals surface area (Å²) in [5, 5.41) is 2.65. The molecule has 7 heteroatoms. The van der Waals surface area contributed by atoms with E-state index in [1.165, 1.54) is 11.4 Å². The molecule has 0 saturated carbocycles. The van der Waals surface area contributed by atoms with E-state index in [-0.39, 0.29) is 18.3 Å². The van der Waals surface area contributed by atoms with Crippen LogP contribution in [-0.4, -0.2) is 40.3 Å². The Morgan fingerprint density at radius 1 is 1.37 bits per heavy atom. The number of methoxy groups -OCH3 is 1. The summed E-state index contributed by atoms with van der Waals surface area (Å²) in [4.78, 5) is 11.3. The average molecular weight is 284 g/mol. The highest BCUT2D eigenvalue weighted by atomic mass is 32.2. The number of anilines is 2. The van der Waals surface area contributed by atoms with Crippen LogP contribution in [0.4, 0.5) is 11.4 Å². The van der Waals surface area contributed by atoms with Crippen LogP contribution in [0.3, 0.4) is 0 Å².